The van der Waals surface area contributed by atoms with Crippen LogP contribution in [0.5, 0.6) is 34.6 Å². The minimum absolute atomic E-state index is 0.0328. The number of aryl methyl sites for hydroxylation is 1. The maximum absolute atomic E-state index is 15.8. The maximum Gasteiger partial charge on any atom is 0.387 e. The number of carbonyl (C=O) groups excluding carboxylic acids is 2. The first-order valence-electron chi connectivity index (χ1n) is 37.9. The Hall–Kier alpha value is -10.8. The quantitative estimate of drug-likeness (QED) is 0.0233. The van der Waals surface area contributed by atoms with E-state index in [4.69, 9.17) is 33.2 Å². The summed E-state index contributed by atoms with van der Waals surface area (Å²) >= 11 is 0. The highest BCUT2D eigenvalue weighted by molar-refractivity contribution is 7.89. The first-order chi connectivity index (χ1) is 55.4. The number of esters is 2. The smallest absolute Gasteiger partial charge is 0.387 e. The summed E-state index contributed by atoms with van der Waals surface area (Å²) in [7, 11) is -1.69. The summed E-state index contributed by atoms with van der Waals surface area (Å²) in [4.78, 5) is 33.4. The van der Waals surface area contributed by atoms with Gasteiger partial charge in [0, 0.05) is 63.1 Å². The molecule has 23 nitrogen and oxygen atoms in total. The molecule has 10 rings (SSSR count). The SMILES string of the molecule is COc1ccc(CN(Cc2ccc(OC)cc2)S(=O)(=O)c2cnn(C(C)(C)CO)c2)cc1.COc1ccc(CN(Cc2ccc(OC)cc2)S(=O)(=O)c2cnn(C(C)(C)COc3cc(-c4cc(OC(F)F)c(F)c(C(C)C)c4CC(=O)OC(C)(C)C)ccn3)c2)cc1.Cc1cc(-c2ccnc(F)c2)c(CC(=O)OC(C)(C)C)c(C(C)C)c1F. The number of methoxy groups -OCH3 is 4. The number of alkyl halides is 2. The molecule has 30 heteroatoms. The van der Waals surface area contributed by atoms with Gasteiger partial charge >= 0.3 is 18.6 Å². The van der Waals surface area contributed by atoms with Crippen LogP contribution in [0, 0.1) is 24.5 Å². The maximum atomic E-state index is 15.8. The van der Waals surface area contributed by atoms with Crippen LogP contribution in [0.25, 0.3) is 22.3 Å². The van der Waals surface area contributed by atoms with Crippen LogP contribution < -0.4 is 28.4 Å². The number of halogens is 5. The molecule has 0 aliphatic carbocycles. The Morgan fingerprint density at radius 1 is 0.500 bits per heavy atom. The minimum Gasteiger partial charge on any atom is -0.497 e. The van der Waals surface area contributed by atoms with Gasteiger partial charge in [-0.2, -0.15) is 32.0 Å². The Morgan fingerprint density at radius 2 is 0.864 bits per heavy atom. The van der Waals surface area contributed by atoms with E-state index in [-0.39, 0.29) is 96.3 Å². The van der Waals surface area contributed by atoms with E-state index in [1.807, 2.05) is 38.1 Å². The highest BCUT2D eigenvalue weighted by Gasteiger charge is 2.34. The number of rotatable bonds is 32. The van der Waals surface area contributed by atoms with Crippen LogP contribution in [0.4, 0.5) is 22.0 Å². The molecule has 0 saturated carbocycles. The normalized spacial score (nSPS) is 12.1. The van der Waals surface area contributed by atoms with Gasteiger partial charge < -0.3 is 43.0 Å². The molecule has 4 heterocycles. The summed E-state index contributed by atoms with van der Waals surface area (Å²) < 4.78 is 175. The molecule has 0 aliphatic heterocycles. The summed E-state index contributed by atoms with van der Waals surface area (Å²) in [5.74, 6) is -1.58. The number of aromatic nitrogens is 6. The Morgan fingerprint density at radius 3 is 1.22 bits per heavy atom. The van der Waals surface area contributed by atoms with Crippen LogP contribution in [0.3, 0.4) is 0 Å². The van der Waals surface area contributed by atoms with Gasteiger partial charge in [0.25, 0.3) is 0 Å². The molecule has 118 heavy (non-hydrogen) atoms. The monoisotopic (exact) mass is 1670 g/mol. The molecule has 6 aromatic carbocycles. The highest BCUT2D eigenvalue weighted by Crippen LogP contribution is 2.41. The first kappa shape index (κ1) is 92.7. The van der Waals surface area contributed by atoms with Crippen LogP contribution in [0.15, 0.2) is 180 Å². The van der Waals surface area contributed by atoms with Gasteiger partial charge in [-0.3, -0.25) is 19.0 Å². The summed E-state index contributed by atoms with van der Waals surface area (Å²) in [6, 6.07) is 37.7. The Balaban J connectivity index is 0.000000249. The zero-order valence-corrected chi connectivity index (χ0v) is 71.6. The van der Waals surface area contributed by atoms with E-state index >= 15 is 4.39 Å². The van der Waals surface area contributed by atoms with Crippen LogP contribution >= 0.6 is 0 Å². The zero-order chi connectivity index (χ0) is 87.0. The van der Waals surface area contributed by atoms with Gasteiger partial charge in [-0.25, -0.2) is 35.6 Å². The highest BCUT2D eigenvalue weighted by atomic mass is 32.2. The van der Waals surface area contributed by atoms with Gasteiger partial charge in [-0.15, -0.1) is 0 Å². The molecular weight excluding hydrogens is 1570 g/mol. The van der Waals surface area contributed by atoms with E-state index in [0.717, 1.165) is 28.3 Å². The van der Waals surface area contributed by atoms with Crippen molar-refractivity contribution in [3.05, 3.63) is 238 Å². The Kier molecular flexibility index (Phi) is 31.1. The van der Waals surface area contributed by atoms with Gasteiger partial charge in [0.15, 0.2) is 11.6 Å². The molecule has 0 saturated heterocycles. The molecule has 0 unspecified atom stereocenters. The third-order valence-electron chi connectivity index (χ3n) is 18.6. The largest absolute Gasteiger partial charge is 0.497 e. The molecule has 10 aromatic rings. The molecule has 0 spiro atoms. The first-order valence-corrected chi connectivity index (χ1v) is 40.8. The van der Waals surface area contributed by atoms with Crippen molar-refractivity contribution in [1.82, 2.24) is 38.1 Å². The fourth-order valence-corrected chi connectivity index (χ4v) is 15.2. The number of hydrogen-bond donors (Lipinski definition) is 1. The fourth-order valence-electron chi connectivity index (χ4n) is 12.5. The molecule has 1 N–H and O–H groups in total. The summed E-state index contributed by atoms with van der Waals surface area (Å²) in [6.07, 6.45) is 7.87. The topological polar surface area (TPSA) is 264 Å². The number of aliphatic hydroxyl groups excluding tert-OH is 1. The van der Waals surface area contributed by atoms with Crippen LogP contribution in [0.2, 0.25) is 0 Å². The number of nitrogens with zero attached hydrogens (tertiary/aromatic N) is 8. The van der Waals surface area contributed by atoms with Crippen LogP contribution in [-0.4, -0.2) is 131 Å². The minimum atomic E-state index is -4.10. The van der Waals surface area contributed by atoms with Gasteiger partial charge in [-0.1, -0.05) is 76.2 Å². The molecule has 0 aliphatic rings. The van der Waals surface area contributed by atoms with Crippen molar-refractivity contribution in [1.29, 1.82) is 0 Å². The predicted molar refractivity (Wildman–Crippen MR) is 438 cm³/mol. The van der Waals surface area contributed by atoms with Crippen LogP contribution in [-0.2, 0) is 89.2 Å². The van der Waals surface area contributed by atoms with E-state index in [2.05, 4.69) is 24.9 Å². The van der Waals surface area contributed by atoms with Gasteiger partial charge in [0.05, 0.1) is 71.4 Å². The second kappa shape index (κ2) is 39.6. The van der Waals surface area contributed by atoms with Gasteiger partial charge in [0.2, 0.25) is 31.9 Å². The second-order valence-corrected chi connectivity index (χ2v) is 35.7. The van der Waals surface area contributed by atoms with E-state index in [9.17, 15) is 49.1 Å². The van der Waals surface area contributed by atoms with Crippen molar-refractivity contribution < 1.29 is 91.4 Å². The molecular formula is C88H105F5N8O15S2. The van der Waals surface area contributed by atoms with E-state index in [0.29, 0.717) is 56.4 Å². The second-order valence-electron chi connectivity index (χ2n) is 31.8. The van der Waals surface area contributed by atoms with Crippen molar-refractivity contribution >= 4 is 32.0 Å². The lowest BCUT2D eigenvalue weighted by atomic mass is 9.86. The molecule has 0 atom stereocenters. The molecule has 0 radical (unpaired) electrons. The van der Waals surface area contributed by atoms with Crippen molar-refractivity contribution in [3.63, 3.8) is 0 Å². The number of carbonyl (C=O) groups is 2. The van der Waals surface area contributed by atoms with E-state index < -0.39 is 84.3 Å². The standard InChI is InChI=1S/C44H51F3N4O8S.C23H29N3O5S.C21H25F2NO2/c1-28(2)40-36(22-39(52)59-43(3,4)5)35(21-37(41(40)45)58-42(46)47)31-18-19-48-38(20-31)57-27-44(6,7)51-26-34(23-49-51)60(53,54)50(24-29-10-14-32(55-8)15-11-29)25-30-12-16-33(56-9)17-13-30;1-23(2,17-27)26-16-22(13-24-26)32(28,29)25(14-18-5-9-20(30-3)10-6-18)15-19-7-11-21(31-4)12-8-19;1-12(2)19-16(11-18(25)26-21(4,5)6)15(9-13(3)20(19)23)14-7-8-24-17(22)10-14/h10-21,23,26,28,42H,22,24-25,27H2,1-9H3;5-13,16,27H,14-15,17H2,1-4H3;7-10,12H,11H2,1-6H3. The summed E-state index contributed by atoms with van der Waals surface area (Å²) in [5, 5.41) is 18.2. The van der Waals surface area contributed by atoms with Crippen molar-refractivity contribution in [2.75, 3.05) is 41.7 Å². The molecule has 4 aromatic heterocycles. The zero-order valence-electron chi connectivity index (χ0n) is 70.0. The van der Waals surface area contributed by atoms with E-state index in [1.165, 1.54) is 67.3 Å². The summed E-state index contributed by atoms with van der Waals surface area (Å²) in [6.45, 7) is 23.4. The average Bonchev–Trinajstić information content (AvgIpc) is 1.46. The van der Waals surface area contributed by atoms with Crippen LogP contribution in [0.1, 0.15) is 159 Å². The Labute approximate surface area is 688 Å². The lowest BCUT2D eigenvalue weighted by molar-refractivity contribution is -0.155. The number of pyridine rings is 2. The molecule has 634 valence electrons. The Bertz CT molecular complexity index is 5190. The third kappa shape index (κ3) is 24.9. The number of benzene rings is 6. The number of hydrogen-bond acceptors (Lipinski definition) is 19. The van der Waals surface area contributed by atoms with Crippen molar-refractivity contribution in [2.45, 2.75) is 193 Å². The van der Waals surface area contributed by atoms with Crippen molar-refractivity contribution in [2.24, 2.45) is 0 Å². The lowest BCUT2D eigenvalue weighted by Gasteiger charge is -2.26. The number of sulfonamides is 2. The van der Waals surface area contributed by atoms with Gasteiger partial charge in [-0.05, 0) is 233 Å². The number of ether oxygens (including phenoxy) is 8. The fraction of sp³-hybridized carbons (Fsp3) is 0.386. The molecule has 0 fully saturated rings. The van der Waals surface area contributed by atoms with Crippen molar-refractivity contribution in [3.8, 4) is 56.9 Å². The van der Waals surface area contributed by atoms with Gasteiger partial charge in [0.1, 0.15) is 56.4 Å². The lowest BCUT2D eigenvalue weighted by Crippen LogP contribution is -2.34. The third-order valence-corrected chi connectivity index (χ3v) is 22.1. The molecule has 0 bridgehead atoms. The number of aliphatic hydroxyl groups is 1. The predicted octanol–water partition coefficient (Wildman–Crippen LogP) is 17.3. The van der Waals surface area contributed by atoms with E-state index in [1.54, 1.807) is 209 Å². The average molecular weight is 1670 g/mol. The molecule has 0 amide bonds. The summed E-state index contributed by atoms with van der Waals surface area (Å²) in [5.41, 5.74) is 3.58.